The zero-order valence-electron chi connectivity index (χ0n) is 11.0. The molecule has 0 fully saturated rings. The Bertz CT molecular complexity index is 537. The first-order valence-corrected chi connectivity index (χ1v) is 6.09. The SMILES string of the molecule is COC(=O)CN[C@H](C)c1cccc(-n2ccnc2)c1. The molecule has 1 N–H and O–H groups in total. The van der Waals surface area contributed by atoms with E-state index in [0.29, 0.717) is 0 Å². The number of nitrogens with one attached hydrogen (secondary N) is 1. The lowest BCUT2D eigenvalue weighted by Crippen LogP contribution is -2.26. The number of benzene rings is 1. The van der Waals surface area contributed by atoms with Crippen LogP contribution in [0.25, 0.3) is 5.69 Å². The molecular formula is C14H17N3O2. The number of methoxy groups -OCH3 is 1. The van der Waals surface area contributed by atoms with Gasteiger partial charge in [-0.15, -0.1) is 0 Å². The number of hydrogen-bond donors (Lipinski definition) is 1. The first-order valence-electron chi connectivity index (χ1n) is 6.09. The van der Waals surface area contributed by atoms with E-state index in [-0.39, 0.29) is 18.6 Å². The van der Waals surface area contributed by atoms with Crippen molar-refractivity contribution in [1.82, 2.24) is 14.9 Å². The van der Waals surface area contributed by atoms with Gasteiger partial charge in [-0.05, 0) is 24.6 Å². The van der Waals surface area contributed by atoms with Crippen molar-refractivity contribution in [3.8, 4) is 5.69 Å². The molecule has 0 bridgehead atoms. The second-order valence-electron chi connectivity index (χ2n) is 4.24. The lowest BCUT2D eigenvalue weighted by atomic mass is 10.1. The fourth-order valence-corrected chi connectivity index (χ4v) is 1.79. The minimum Gasteiger partial charge on any atom is -0.468 e. The molecule has 0 unspecified atom stereocenters. The molecule has 0 saturated carbocycles. The van der Waals surface area contributed by atoms with Gasteiger partial charge in [-0.3, -0.25) is 4.79 Å². The summed E-state index contributed by atoms with van der Waals surface area (Å²) in [6.07, 6.45) is 5.39. The minimum atomic E-state index is -0.266. The zero-order chi connectivity index (χ0) is 13.7. The molecule has 2 aromatic rings. The third-order valence-corrected chi connectivity index (χ3v) is 2.95. The summed E-state index contributed by atoms with van der Waals surface area (Å²) < 4.78 is 6.55. The van der Waals surface area contributed by atoms with Gasteiger partial charge in [0.05, 0.1) is 20.0 Å². The Kier molecular flexibility index (Phi) is 4.30. The van der Waals surface area contributed by atoms with Gasteiger partial charge < -0.3 is 14.6 Å². The summed E-state index contributed by atoms with van der Waals surface area (Å²) in [5.74, 6) is -0.266. The smallest absolute Gasteiger partial charge is 0.319 e. The van der Waals surface area contributed by atoms with Crippen molar-refractivity contribution < 1.29 is 9.53 Å². The maximum atomic E-state index is 11.1. The van der Waals surface area contributed by atoms with E-state index in [2.05, 4.69) is 21.1 Å². The Labute approximate surface area is 112 Å². The molecule has 1 aromatic heterocycles. The molecule has 5 nitrogen and oxygen atoms in total. The average molecular weight is 259 g/mol. The van der Waals surface area contributed by atoms with Crippen LogP contribution in [0.4, 0.5) is 0 Å². The maximum Gasteiger partial charge on any atom is 0.319 e. The molecule has 100 valence electrons. The molecule has 0 amide bonds. The fraction of sp³-hybridized carbons (Fsp3) is 0.286. The van der Waals surface area contributed by atoms with Crippen LogP contribution in [-0.2, 0) is 9.53 Å². The minimum absolute atomic E-state index is 0.0718. The average Bonchev–Trinajstić information content (AvgIpc) is 2.98. The van der Waals surface area contributed by atoms with E-state index in [1.54, 1.807) is 12.5 Å². The summed E-state index contributed by atoms with van der Waals surface area (Å²) in [5.41, 5.74) is 2.15. The largest absolute Gasteiger partial charge is 0.468 e. The van der Waals surface area contributed by atoms with Crippen molar-refractivity contribution in [1.29, 1.82) is 0 Å². The van der Waals surface area contributed by atoms with Gasteiger partial charge in [0.15, 0.2) is 0 Å². The van der Waals surface area contributed by atoms with Crippen molar-refractivity contribution in [3.63, 3.8) is 0 Å². The summed E-state index contributed by atoms with van der Waals surface area (Å²) in [7, 11) is 1.38. The molecular weight excluding hydrogens is 242 g/mol. The van der Waals surface area contributed by atoms with E-state index in [1.807, 2.05) is 35.9 Å². The second kappa shape index (κ2) is 6.15. The number of carbonyl (C=O) groups excluding carboxylic acids is 1. The highest BCUT2D eigenvalue weighted by molar-refractivity contribution is 5.71. The number of nitrogens with zero attached hydrogens (tertiary/aromatic N) is 2. The van der Waals surface area contributed by atoms with Crippen molar-refractivity contribution in [2.45, 2.75) is 13.0 Å². The number of aromatic nitrogens is 2. The third-order valence-electron chi connectivity index (χ3n) is 2.95. The van der Waals surface area contributed by atoms with Crippen LogP contribution in [0, 0.1) is 0 Å². The van der Waals surface area contributed by atoms with Gasteiger partial charge >= 0.3 is 5.97 Å². The van der Waals surface area contributed by atoms with E-state index in [0.717, 1.165) is 11.3 Å². The molecule has 19 heavy (non-hydrogen) atoms. The van der Waals surface area contributed by atoms with Crippen LogP contribution in [-0.4, -0.2) is 29.2 Å². The molecule has 0 aliphatic heterocycles. The lowest BCUT2D eigenvalue weighted by Gasteiger charge is -2.14. The predicted octanol–water partition coefficient (Wildman–Crippen LogP) is 1.70. The quantitative estimate of drug-likeness (QED) is 0.830. The van der Waals surface area contributed by atoms with Crippen LogP contribution in [0.3, 0.4) is 0 Å². The van der Waals surface area contributed by atoms with E-state index in [1.165, 1.54) is 7.11 Å². The molecule has 1 atom stereocenters. The van der Waals surface area contributed by atoms with E-state index in [9.17, 15) is 4.79 Å². The fourth-order valence-electron chi connectivity index (χ4n) is 1.79. The Morgan fingerprint density at radius 3 is 3.05 bits per heavy atom. The van der Waals surface area contributed by atoms with Gasteiger partial charge in [0.25, 0.3) is 0 Å². The molecule has 0 aliphatic carbocycles. The summed E-state index contributed by atoms with van der Waals surface area (Å²) >= 11 is 0. The van der Waals surface area contributed by atoms with Gasteiger partial charge in [0.2, 0.25) is 0 Å². The molecule has 2 rings (SSSR count). The highest BCUT2D eigenvalue weighted by Gasteiger charge is 2.08. The molecule has 5 heteroatoms. The Morgan fingerprint density at radius 1 is 1.53 bits per heavy atom. The van der Waals surface area contributed by atoms with E-state index >= 15 is 0 Å². The van der Waals surface area contributed by atoms with Crippen LogP contribution < -0.4 is 5.32 Å². The van der Waals surface area contributed by atoms with Gasteiger partial charge in [0.1, 0.15) is 0 Å². The predicted molar refractivity (Wildman–Crippen MR) is 72.0 cm³/mol. The highest BCUT2D eigenvalue weighted by atomic mass is 16.5. The van der Waals surface area contributed by atoms with Crippen molar-refractivity contribution in [2.75, 3.05) is 13.7 Å². The van der Waals surface area contributed by atoms with Crippen LogP contribution >= 0.6 is 0 Å². The monoisotopic (exact) mass is 259 g/mol. The molecule has 0 spiro atoms. The van der Waals surface area contributed by atoms with Crippen molar-refractivity contribution in [2.24, 2.45) is 0 Å². The number of rotatable bonds is 5. The Morgan fingerprint density at radius 2 is 2.37 bits per heavy atom. The van der Waals surface area contributed by atoms with E-state index < -0.39 is 0 Å². The molecule has 1 heterocycles. The van der Waals surface area contributed by atoms with E-state index in [4.69, 9.17) is 0 Å². The van der Waals surface area contributed by atoms with Crippen LogP contribution in [0.5, 0.6) is 0 Å². The van der Waals surface area contributed by atoms with Gasteiger partial charge in [-0.25, -0.2) is 4.98 Å². The number of imidazole rings is 1. The second-order valence-corrected chi connectivity index (χ2v) is 4.24. The zero-order valence-corrected chi connectivity index (χ0v) is 11.0. The van der Waals surface area contributed by atoms with Crippen molar-refractivity contribution in [3.05, 3.63) is 48.5 Å². The highest BCUT2D eigenvalue weighted by Crippen LogP contribution is 2.16. The summed E-state index contributed by atoms with van der Waals surface area (Å²) in [6, 6.07) is 8.16. The topological polar surface area (TPSA) is 56.1 Å². The van der Waals surface area contributed by atoms with Crippen LogP contribution in [0.15, 0.2) is 43.0 Å². The standard InChI is InChI=1S/C14H17N3O2/c1-11(16-9-14(18)19-2)12-4-3-5-13(8-12)17-7-6-15-10-17/h3-8,10-11,16H,9H2,1-2H3/t11-/m1/s1. The first-order chi connectivity index (χ1) is 9.20. The molecule has 0 aliphatic rings. The van der Waals surface area contributed by atoms with Gasteiger partial charge in [-0.2, -0.15) is 0 Å². The normalized spacial score (nSPS) is 12.1. The first kappa shape index (κ1) is 13.3. The number of carbonyl (C=O) groups is 1. The number of ether oxygens (including phenoxy) is 1. The molecule has 0 radical (unpaired) electrons. The number of esters is 1. The Balaban J connectivity index is 2.08. The molecule has 1 aromatic carbocycles. The lowest BCUT2D eigenvalue weighted by molar-refractivity contribution is -0.139. The number of hydrogen-bond acceptors (Lipinski definition) is 4. The Hall–Kier alpha value is -2.14. The van der Waals surface area contributed by atoms with Gasteiger partial charge in [-0.1, -0.05) is 12.1 Å². The van der Waals surface area contributed by atoms with Gasteiger partial charge in [0, 0.05) is 24.1 Å². The summed E-state index contributed by atoms with van der Waals surface area (Å²) in [6.45, 7) is 2.21. The van der Waals surface area contributed by atoms with Crippen LogP contribution in [0.2, 0.25) is 0 Å². The third kappa shape index (κ3) is 3.42. The van der Waals surface area contributed by atoms with Crippen LogP contribution in [0.1, 0.15) is 18.5 Å². The molecule has 0 saturated heterocycles. The summed E-state index contributed by atoms with van der Waals surface area (Å²) in [5, 5.41) is 3.12. The maximum absolute atomic E-state index is 11.1. The van der Waals surface area contributed by atoms with Crippen molar-refractivity contribution >= 4 is 5.97 Å². The summed E-state index contributed by atoms with van der Waals surface area (Å²) in [4.78, 5) is 15.1.